The van der Waals surface area contributed by atoms with E-state index in [-0.39, 0.29) is 17.5 Å². The van der Waals surface area contributed by atoms with Gasteiger partial charge in [0.1, 0.15) is 22.3 Å². The lowest BCUT2D eigenvalue weighted by molar-refractivity contribution is 0.591. The zero-order valence-electron chi connectivity index (χ0n) is 41.4. The first-order chi connectivity index (χ1) is 35.4. The standard InChI is InChI=1S/C66H47BN4O2/c1-65(2,3)39-27-47-43-33-59-45(41-21-13-15-23-57(41)72-59)31-53(43)70-55-25-38(52-35-51(36-17-9-7-10-18-36)68-64(69-52)37-19-11-8-12-20-37)26-56-61(55)67(49(29-39)62(47)70)50-30-40(66(4,5)6)28-48-44-34-60-46(32-54(44)71(56)63(48)50)42-22-14-16-24-58(42)73-60/h7-35H,1-6H3. The molecule has 9 aromatic carbocycles. The third-order valence-electron chi connectivity index (χ3n) is 16.2. The fraction of sp³-hybridized carbons (Fsp3) is 0.121. The maximum Gasteiger partial charge on any atom is 0.252 e. The SMILES string of the molecule is CC(C)(C)c1cc2c3c(c1)c1cc4oc5ccccc5c4cc1n3-c1cc(-c3cc(-c4ccccc4)nc(-c4ccccc4)n3)cc3c1B2c1cc(C(C)(C)C)cc2c4cc5oc6ccccc6c5cc4n-3c12. The molecule has 7 heteroatoms. The Morgan fingerprint density at radius 2 is 0.836 bits per heavy atom. The summed E-state index contributed by atoms with van der Waals surface area (Å²) in [4.78, 5) is 10.8. The van der Waals surface area contributed by atoms with Crippen molar-refractivity contribution in [3.05, 3.63) is 187 Å². The van der Waals surface area contributed by atoms with E-state index in [2.05, 4.69) is 221 Å². The van der Waals surface area contributed by atoms with Gasteiger partial charge in [-0.1, -0.05) is 151 Å². The smallest absolute Gasteiger partial charge is 0.252 e. The molecule has 0 saturated carbocycles. The van der Waals surface area contributed by atoms with E-state index in [1.54, 1.807) is 0 Å². The van der Waals surface area contributed by atoms with Crippen molar-refractivity contribution in [3.63, 3.8) is 0 Å². The van der Waals surface area contributed by atoms with Gasteiger partial charge in [-0.3, -0.25) is 0 Å². The number of aromatic nitrogens is 4. The van der Waals surface area contributed by atoms with Crippen LogP contribution in [0.2, 0.25) is 0 Å². The van der Waals surface area contributed by atoms with Crippen molar-refractivity contribution in [1.82, 2.24) is 19.1 Å². The Kier molecular flexibility index (Phi) is 7.89. The quantitative estimate of drug-likeness (QED) is 0.166. The minimum atomic E-state index is -0.127. The van der Waals surface area contributed by atoms with E-state index in [9.17, 15) is 0 Å². The maximum absolute atomic E-state index is 6.68. The van der Waals surface area contributed by atoms with Crippen LogP contribution in [0.25, 0.3) is 133 Å². The van der Waals surface area contributed by atoms with E-state index >= 15 is 0 Å². The van der Waals surface area contributed by atoms with Crippen LogP contribution in [0.1, 0.15) is 52.7 Å². The van der Waals surface area contributed by atoms with Gasteiger partial charge in [0.25, 0.3) is 6.71 Å². The summed E-state index contributed by atoms with van der Waals surface area (Å²) in [5.41, 5.74) is 21.7. The molecule has 2 aliphatic heterocycles. The number of rotatable bonds is 3. The van der Waals surface area contributed by atoms with Gasteiger partial charge in [0.15, 0.2) is 5.82 Å². The van der Waals surface area contributed by atoms with E-state index in [1.165, 1.54) is 60.1 Å². The minimum absolute atomic E-state index is 0.0833. The number of hydrogen-bond donors (Lipinski definition) is 0. The van der Waals surface area contributed by atoms with Gasteiger partial charge >= 0.3 is 0 Å². The molecule has 0 N–H and O–H groups in total. The van der Waals surface area contributed by atoms with Crippen LogP contribution in [-0.2, 0) is 10.8 Å². The Labute approximate surface area is 421 Å². The Hall–Kier alpha value is -8.68. The van der Waals surface area contributed by atoms with Crippen molar-refractivity contribution < 1.29 is 8.83 Å². The molecule has 346 valence electrons. The van der Waals surface area contributed by atoms with Crippen molar-refractivity contribution in [2.75, 3.05) is 0 Å². The van der Waals surface area contributed by atoms with E-state index in [1.807, 2.05) is 6.07 Å². The Morgan fingerprint density at radius 1 is 0.384 bits per heavy atom. The maximum atomic E-state index is 6.68. The van der Waals surface area contributed by atoms with E-state index < -0.39 is 0 Å². The second-order valence-corrected chi connectivity index (χ2v) is 22.6. The van der Waals surface area contributed by atoms with Gasteiger partial charge in [0.2, 0.25) is 0 Å². The summed E-state index contributed by atoms with van der Waals surface area (Å²) in [6, 6.07) is 64.2. The molecular formula is C66H47BN4O2. The molecule has 0 amide bonds. The monoisotopic (exact) mass is 938 g/mol. The first-order valence-corrected chi connectivity index (χ1v) is 25.5. The molecule has 0 atom stereocenters. The van der Waals surface area contributed by atoms with E-state index in [4.69, 9.17) is 18.8 Å². The molecule has 0 saturated heterocycles. The highest BCUT2D eigenvalue weighted by molar-refractivity contribution is 7.00. The Balaban J connectivity index is 1.11. The predicted octanol–water partition coefficient (Wildman–Crippen LogP) is 15.2. The predicted molar refractivity (Wildman–Crippen MR) is 304 cm³/mol. The summed E-state index contributed by atoms with van der Waals surface area (Å²) in [7, 11) is 0. The highest BCUT2D eigenvalue weighted by Crippen LogP contribution is 2.46. The van der Waals surface area contributed by atoms with Crippen LogP contribution in [0.3, 0.4) is 0 Å². The van der Waals surface area contributed by atoms with Crippen molar-refractivity contribution in [2.24, 2.45) is 0 Å². The molecule has 7 heterocycles. The molecule has 16 rings (SSSR count). The molecule has 0 unspecified atom stereocenters. The van der Waals surface area contributed by atoms with Crippen LogP contribution in [-0.4, -0.2) is 25.8 Å². The van der Waals surface area contributed by atoms with Gasteiger partial charge in [-0.15, -0.1) is 0 Å². The lowest BCUT2D eigenvalue weighted by Gasteiger charge is -2.36. The lowest BCUT2D eigenvalue weighted by Crippen LogP contribution is -2.59. The number of fused-ring (bicyclic) bond motifs is 16. The van der Waals surface area contributed by atoms with Gasteiger partial charge in [-0.25, -0.2) is 9.97 Å². The molecule has 5 aromatic heterocycles. The second kappa shape index (κ2) is 14.0. The molecule has 6 nitrogen and oxygen atoms in total. The summed E-state index contributed by atoms with van der Waals surface area (Å²) in [6.45, 7) is 14.0. The first kappa shape index (κ1) is 41.0. The molecule has 0 aliphatic carbocycles. The van der Waals surface area contributed by atoms with Gasteiger partial charge in [-0.2, -0.15) is 0 Å². The van der Waals surface area contributed by atoms with Crippen LogP contribution in [0.15, 0.2) is 185 Å². The highest BCUT2D eigenvalue weighted by Gasteiger charge is 2.43. The molecular weight excluding hydrogens is 892 g/mol. The fourth-order valence-corrected chi connectivity index (χ4v) is 12.6. The lowest BCUT2D eigenvalue weighted by atomic mass is 9.34. The van der Waals surface area contributed by atoms with Gasteiger partial charge in [-0.05, 0) is 105 Å². The third-order valence-corrected chi connectivity index (χ3v) is 16.2. The van der Waals surface area contributed by atoms with Crippen LogP contribution in [0, 0.1) is 0 Å². The van der Waals surface area contributed by atoms with Gasteiger partial charge in [0.05, 0.1) is 22.4 Å². The average Bonchev–Trinajstić information content (AvgIpc) is 4.16. The molecule has 0 fully saturated rings. The van der Waals surface area contributed by atoms with Crippen LogP contribution in [0.5, 0.6) is 0 Å². The zero-order chi connectivity index (χ0) is 48.8. The highest BCUT2D eigenvalue weighted by atomic mass is 16.3. The summed E-state index contributed by atoms with van der Waals surface area (Å²) in [5, 5.41) is 9.28. The molecule has 14 aromatic rings. The van der Waals surface area contributed by atoms with Gasteiger partial charge < -0.3 is 18.0 Å². The summed E-state index contributed by atoms with van der Waals surface area (Å²) >= 11 is 0. The van der Waals surface area contributed by atoms with Crippen LogP contribution >= 0.6 is 0 Å². The minimum Gasteiger partial charge on any atom is -0.456 e. The van der Waals surface area contributed by atoms with Crippen molar-refractivity contribution in [1.29, 1.82) is 0 Å². The van der Waals surface area contributed by atoms with E-state index in [0.717, 1.165) is 94.4 Å². The van der Waals surface area contributed by atoms with Crippen molar-refractivity contribution >= 4 is 111 Å². The first-order valence-electron chi connectivity index (χ1n) is 25.5. The normalized spacial score (nSPS) is 13.3. The number of para-hydroxylation sites is 2. The summed E-state index contributed by atoms with van der Waals surface area (Å²) in [6.07, 6.45) is 0. The van der Waals surface area contributed by atoms with Crippen molar-refractivity contribution in [2.45, 2.75) is 52.4 Å². The van der Waals surface area contributed by atoms with Crippen molar-refractivity contribution in [3.8, 4) is 45.3 Å². The average molecular weight is 939 g/mol. The fourth-order valence-electron chi connectivity index (χ4n) is 12.6. The molecule has 0 radical (unpaired) electrons. The topological polar surface area (TPSA) is 61.9 Å². The van der Waals surface area contributed by atoms with Gasteiger partial charge in [0, 0.05) is 82.2 Å². The zero-order valence-corrected chi connectivity index (χ0v) is 41.4. The van der Waals surface area contributed by atoms with Crippen LogP contribution < -0.4 is 16.4 Å². The Morgan fingerprint density at radius 3 is 1.33 bits per heavy atom. The summed E-state index contributed by atoms with van der Waals surface area (Å²) in [5.74, 6) is 0.687. The number of benzene rings is 9. The van der Waals surface area contributed by atoms with Crippen LogP contribution in [0.4, 0.5) is 0 Å². The van der Waals surface area contributed by atoms with E-state index in [0.29, 0.717) is 5.82 Å². The molecule has 0 bridgehead atoms. The molecule has 0 spiro atoms. The number of furan rings is 2. The Bertz CT molecular complexity index is 4460. The number of hydrogen-bond acceptors (Lipinski definition) is 4. The largest absolute Gasteiger partial charge is 0.456 e. The molecule has 73 heavy (non-hydrogen) atoms. The number of nitrogens with zero attached hydrogens (tertiary/aromatic N) is 4. The summed E-state index contributed by atoms with van der Waals surface area (Å²) < 4.78 is 18.5. The third kappa shape index (κ3) is 5.65. The second-order valence-electron chi connectivity index (χ2n) is 22.6. The molecule has 2 aliphatic rings.